The molecule has 1 atom stereocenters. The molecule has 1 aliphatic heterocycles. The minimum Gasteiger partial charge on any atom is -0.423 e. The molecule has 108 valence electrons. The first-order valence-electron chi connectivity index (χ1n) is 6.86. The van der Waals surface area contributed by atoms with Crippen molar-refractivity contribution in [3.05, 3.63) is 41.1 Å². The van der Waals surface area contributed by atoms with Crippen molar-refractivity contribution in [3.8, 4) is 0 Å². The standard InChI is InChI=1S/C14H15BN2O4/c18-11-7-3-6-10-12(11)13(17-14(19)16-10)8-4-1-2-5-9(8)15(20)21/h1-2,4-5,13,20-21H,3,6-7H2,(H2,16,17,19). The fraction of sp³-hybridized carbons (Fsp3) is 0.286. The van der Waals surface area contributed by atoms with E-state index in [-0.39, 0.29) is 17.3 Å². The number of Topliss-reactive ketones (excluding diaryl/α,β-unsaturated/α-hetero) is 1. The molecule has 1 aromatic carbocycles. The summed E-state index contributed by atoms with van der Waals surface area (Å²) in [5.41, 5.74) is 1.98. The summed E-state index contributed by atoms with van der Waals surface area (Å²) in [6.07, 6.45) is 1.81. The number of ketones is 1. The molecule has 3 rings (SSSR count). The maximum Gasteiger partial charge on any atom is 0.488 e. The number of carbonyl (C=O) groups excluding carboxylic acids is 2. The molecule has 21 heavy (non-hydrogen) atoms. The molecule has 0 fully saturated rings. The van der Waals surface area contributed by atoms with Gasteiger partial charge in [0.2, 0.25) is 0 Å². The molecule has 1 aromatic rings. The Hall–Kier alpha value is -2.12. The molecule has 0 bridgehead atoms. The molecule has 0 radical (unpaired) electrons. The Bertz CT molecular complexity index is 642. The van der Waals surface area contributed by atoms with Crippen molar-refractivity contribution in [2.45, 2.75) is 25.3 Å². The van der Waals surface area contributed by atoms with Gasteiger partial charge in [-0.05, 0) is 23.9 Å². The fourth-order valence-electron chi connectivity index (χ4n) is 2.95. The van der Waals surface area contributed by atoms with Gasteiger partial charge in [-0.25, -0.2) is 4.79 Å². The summed E-state index contributed by atoms with van der Waals surface area (Å²) < 4.78 is 0. The summed E-state index contributed by atoms with van der Waals surface area (Å²) in [7, 11) is -1.66. The number of amides is 2. The van der Waals surface area contributed by atoms with E-state index in [0.29, 0.717) is 29.7 Å². The van der Waals surface area contributed by atoms with Crippen LogP contribution in [0, 0.1) is 0 Å². The third kappa shape index (κ3) is 2.45. The van der Waals surface area contributed by atoms with E-state index in [0.717, 1.165) is 6.42 Å². The summed E-state index contributed by atoms with van der Waals surface area (Å²) >= 11 is 0. The van der Waals surface area contributed by atoms with Crippen molar-refractivity contribution in [2.75, 3.05) is 0 Å². The number of carbonyl (C=O) groups is 2. The van der Waals surface area contributed by atoms with Crippen LogP contribution in [-0.2, 0) is 4.79 Å². The van der Waals surface area contributed by atoms with E-state index < -0.39 is 13.2 Å². The molecule has 0 saturated heterocycles. The van der Waals surface area contributed by atoms with Crippen LogP contribution in [0.4, 0.5) is 4.79 Å². The summed E-state index contributed by atoms with van der Waals surface area (Å²) in [4.78, 5) is 24.0. The summed E-state index contributed by atoms with van der Waals surface area (Å²) in [6.45, 7) is 0. The van der Waals surface area contributed by atoms with Gasteiger partial charge < -0.3 is 20.7 Å². The molecular formula is C14H15BN2O4. The lowest BCUT2D eigenvalue weighted by Crippen LogP contribution is -2.49. The number of rotatable bonds is 2. The predicted octanol–water partition coefficient (Wildman–Crippen LogP) is -0.273. The SMILES string of the molecule is O=C1NC2=C(C(=O)CCC2)C(c2ccccc2B(O)O)N1. The Labute approximate surface area is 122 Å². The average molecular weight is 286 g/mol. The maximum absolute atomic E-state index is 12.2. The molecule has 1 heterocycles. The Morgan fingerprint density at radius 2 is 1.90 bits per heavy atom. The number of hydrogen-bond acceptors (Lipinski definition) is 4. The Balaban J connectivity index is 2.12. The van der Waals surface area contributed by atoms with Crippen molar-refractivity contribution in [3.63, 3.8) is 0 Å². The van der Waals surface area contributed by atoms with Crippen LogP contribution in [0.5, 0.6) is 0 Å². The summed E-state index contributed by atoms with van der Waals surface area (Å²) in [5.74, 6) is -0.0176. The number of allylic oxidation sites excluding steroid dienone is 1. The molecule has 0 spiro atoms. The van der Waals surface area contributed by atoms with Crippen LogP contribution in [-0.4, -0.2) is 29.0 Å². The molecule has 0 saturated carbocycles. The molecule has 1 aliphatic carbocycles. The largest absolute Gasteiger partial charge is 0.488 e. The smallest absolute Gasteiger partial charge is 0.423 e. The van der Waals surface area contributed by atoms with Crippen LogP contribution in [0.3, 0.4) is 0 Å². The third-order valence-corrected chi connectivity index (χ3v) is 3.87. The van der Waals surface area contributed by atoms with Crippen molar-refractivity contribution in [2.24, 2.45) is 0 Å². The first-order chi connectivity index (χ1) is 10.1. The van der Waals surface area contributed by atoms with Crippen LogP contribution >= 0.6 is 0 Å². The average Bonchev–Trinajstić information content (AvgIpc) is 2.46. The highest BCUT2D eigenvalue weighted by atomic mass is 16.4. The Morgan fingerprint density at radius 1 is 1.14 bits per heavy atom. The number of benzene rings is 1. The molecule has 2 amide bonds. The number of urea groups is 1. The maximum atomic E-state index is 12.2. The lowest BCUT2D eigenvalue weighted by atomic mass is 9.73. The second-order valence-electron chi connectivity index (χ2n) is 5.20. The highest BCUT2D eigenvalue weighted by Gasteiger charge is 2.36. The number of nitrogens with one attached hydrogen (secondary N) is 2. The lowest BCUT2D eigenvalue weighted by Gasteiger charge is -2.33. The van der Waals surface area contributed by atoms with Gasteiger partial charge in [0.1, 0.15) is 0 Å². The fourth-order valence-corrected chi connectivity index (χ4v) is 2.95. The summed E-state index contributed by atoms with van der Waals surface area (Å²) in [5, 5.41) is 24.4. The lowest BCUT2D eigenvalue weighted by molar-refractivity contribution is -0.116. The predicted molar refractivity (Wildman–Crippen MR) is 76.6 cm³/mol. The van der Waals surface area contributed by atoms with Gasteiger partial charge in [-0.1, -0.05) is 24.3 Å². The summed E-state index contributed by atoms with van der Waals surface area (Å²) in [6, 6.07) is 5.66. The monoisotopic (exact) mass is 286 g/mol. The Kier molecular flexibility index (Phi) is 3.53. The van der Waals surface area contributed by atoms with E-state index in [4.69, 9.17) is 0 Å². The topological polar surface area (TPSA) is 98.7 Å². The third-order valence-electron chi connectivity index (χ3n) is 3.87. The van der Waals surface area contributed by atoms with Gasteiger partial charge in [-0.15, -0.1) is 0 Å². The van der Waals surface area contributed by atoms with E-state index in [1.54, 1.807) is 24.3 Å². The zero-order valence-electron chi connectivity index (χ0n) is 11.3. The zero-order valence-corrected chi connectivity index (χ0v) is 11.3. The minimum atomic E-state index is -1.66. The van der Waals surface area contributed by atoms with Crippen LogP contribution < -0.4 is 16.1 Å². The van der Waals surface area contributed by atoms with Crippen molar-refractivity contribution < 1.29 is 19.6 Å². The van der Waals surface area contributed by atoms with Crippen molar-refractivity contribution in [1.82, 2.24) is 10.6 Å². The molecule has 2 aliphatic rings. The van der Waals surface area contributed by atoms with Crippen LogP contribution in [0.15, 0.2) is 35.5 Å². The molecule has 6 nitrogen and oxygen atoms in total. The van der Waals surface area contributed by atoms with E-state index in [2.05, 4.69) is 10.6 Å². The molecule has 1 unspecified atom stereocenters. The first-order valence-corrected chi connectivity index (χ1v) is 6.86. The molecule has 7 heteroatoms. The highest BCUT2D eigenvalue weighted by molar-refractivity contribution is 6.59. The van der Waals surface area contributed by atoms with Gasteiger partial charge in [0.15, 0.2) is 5.78 Å². The minimum absolute atomic E-state index is 0.0176. The Morgan fingerprint density at radius 3 is 2.67 bits per heavy atom. The zero-order chi connectivity index (χ0) is 15.0. The van der Waals surface area contributed by atoms with E-state index in [9.17, 15) is 19.6 Å². The first kappa shape index (κ1) is 13.8. The van der Waals surface area contributed by atoms with Gasteiger partial charge in [0.25, 0.3) is 0 Å². The highest BCUT2D eigenvalue weighted by Crippen LogP contribution is 2.32. The van der Waals surface area contributed by atoms with Gasteiger partial charge in [0.05, 0.1) is 6.04 Å². The van der Waals surface area contributed by atoms with Gasteiger partial charge >= 0.3 is 13.1 Å². The molecular weight excluding hydrogens is 271 g/mol. The normalized spacial score (nSPS) is 21.5. The van der Waals surface area contributed by atoms with E-state index in [1.807, 2.05) is 0 Å². The number of hydrogen-bond donors (Lipinski definition) is 4. The van der Waals surface area contributed by atoms with E-state index >= 15 is 0 Å². The van der Waals surface area contributed by atoms with Gasteiger partial charge in [0, 0.05) is 17.7 Å². The second kappa shape index (κ2) is 5.35. The quantitative estimate of drug-likeness (QED) is 0.562. The van der Waals surface area contributed by atoms with Gasteiger partial charge in [-0.2, -0.15) is 0 Å². The second-order valence-corrected chi connectivity index (χ2v) is 5.20. The molecule has 4 N–H and O–H groups in total. The van der Waals surface area contributed by atoms with E-state index in [1.165, 1.54) is 0 Å². The van der Waals surface area contributed by atoms with Crippen LogP contribution in [0.1, 0.15) is 30.9 Å². The van der Waals surface area contributed by atoms with Crippen LogP contribution in [0.25, 0.3) is 0 Å². The molecule has 0 aromatic heterocycles. The van der Waals surface area contributed by atoms with Crippen molar-refractivity contribution in [1.29, 1.82) is 0 Å². The van der Waals surface area contributed by atoms with Gasteiger partial charge in [-0.3, -0.25) is 4.79 Å². The van der Waals surface area contributed by atoms with Crippen molar-refractivity contribution >= 4 is 24.4 Å². The van der Waals surface area contributed by atoms with Crippen LogP contribution in [0.2, 0.25) is 0 Å².